The lowest BCUT2D eigenvalue weighted by Gasteiger charge is -2.37. The van der Waals surface area contributed by atoms with Crippen molar-refractivity contribution in [1.82, 2.24) is 5.32 Å². The molecule has 0 aliphatic heterocycles. The second-order valence-corrected chi connectivity index (χ2v) is 5.09. The summed E-state index contributed by atoms with van der Waals surface area (Å²) < 4.78 is 0. The van der Waals surface area contributed by atoms with Crippen molar-refractivity contribution < 1.29 is 4.79 Å². The van der Waals surface area contributed by atoms with Crippen LogP contribution in [0.2, 0.25) is 0 Å². The molecule has 2 rings (SSSR count). The van der Waals surface area contributed by atoms with E-state index in [4.69, 9.17) is 5.73 Å². The zero-order chi connectivity index (χ0) is 10.2. The monoisotopic (exact) mass is 196 g/mol. The molecule has 0 aromatic rings. The summed E-state index contributed by atoms with van der Waals surface area (Å²) in [6.07, 6.45) is 6.57. The zero-order valence-corrected chi connectivity index (χ0v) is 8.88. The summed E-state index contributed by atoms with van der Waals surface area (Å²) in [5.74, 6) is 0.231. The Morgan fingerprint density at radius 3 is 2.64 bits per heavy atom. The van der Waals surface area contributed by atoms with Crippen molar-refractivity contribution in [3.63, 3.8) is 0 Å². The normalized spacial score (nSPS) is 38.0. The highest BCUT2D eigenvalue weighted by molar-refractivity contribution is 5.80. The maximum Gasteiger partial charge on any atom is 0.225 e. The van der Waals surface area contributed by atoms with E-state index in [0.717, 1.165) is 32.1 Å². The van der Waals surface area contributed by atoms with Crippen molar-refractivity contribution in [2.24, 2.45) is 11.7 Å². The highest BCUT2D eigenvalue weighted by Gasteiger charge is 2.39. The molecule has 14 heavy (non-hydrogen) atoms. The molecule has 0 aromatic carbocycles. The molecule has 0 bridgehead atoms. The molecule has 3 nitrogen and oxygen atoms in total. The predicted molar refractivity (Wildman–Crippen MR) is 55.7 cm³/mol. The van der Waals surface area contributed by atoms with Crippen LogP contribution < -0.4 is 11.1 Å². The van der Waals surface area contributed by atoms with Crippen molar-refractivity contribution in [2.75, 3.05) is 0 Å². The molecule has 0 radical (unpaired) electrons. The molecule has 3 heteroatoms. The van der Waals surface area contributed by atoms with Crippen molar-refractivity contribution >= 4 is 5.91 Å². The first-order chi connectivity index (χ1) is 6.59. The molecule has 2 atom stereocenters. The molecule has 2 saturated carbocycles. The summed E-state index contributed by atoms with van der Waals surface area (Å²) in [5.41, 5.74) is 5.88. The van der Waals surface area contributed by atoms with Gasteiger partial charge in [-0.05, 0) is 32.6 Å². The Morgan fingerprint density at radius 2 is 2.07 bits per heavy atom. The first-order valence-electron chi connectivity index (χ1n) is 5.69. The second kappa shape index (κ2) is 3.54. The molecule has 0 heterocycles. The first-order valence-corrected chi connectivity index (χ1v) is 5.69. The fourth-order valence-electron chi connectivity index (χ4n) is 2.32. The van der Waals surface area contributed by atoms with E-state index in [1.54, 1.807) is 0 Å². The Balaban J connectivity index is 1.95. The molecule has 2 aliphatic rings. The molecule has 0 saturated heterocycles. The fourth-order valence-corrected chi connectivity index (χ4v) is 2.32. The summed E-state index contributed by atoms with van der Waals surface area (Å²) >= 11 is 0. The highest BCUT2D eigenvalue weighted by Crippen LogP contribution is 2.32. The van der Waals surface area contributed by atoms with Crippen LogP contribution in [0.3, 0.4) is 0 Å². The van der Waals surface area contributed by atoms with E-state index < -0.39 is 0 Å². The minimum atomic E-state index is -0.281. The van der Waals surface area contributed by atoms with E-state index >= 15 is 0 Å². The predicted octanol–water partition coefficient (Wildman–Crippen LogP) is 1.17. The Kier molecular flexibility index (Phi) is 2.52. The van der Waals surface area contributed by atoms with Gasteiger partial charge < -0.3 is 11.1 Å². The van der Waals surface area contributed by atoms with E-state index in [1.807, 2.05) is 6.92 Å². The number of hydrogen-bond acceptors (Lipinski definition) is 2. The summed E-state index contributed by atoms with van der Waals surface area (Å²) in [7, 11) is 0. The molecule has 2 aliphatic carbocycles. The summed E-state index contributed by atoms with van der Waals surface area (Å²) in [6, 6.07) is 0.459. The third kappa shape index (κ3) is 2.08. The van der Waals surface area contributed by atoms with Gasteiger partial charge in [-0.25, -0.2) is 0 Å². The van der Waals surface area contributed by atoms with Crippen molar-refractivity contribution in [2.45, 2.75) is 57.0 Å². The summed E-state index contributed by atoms with van der Waals surface area (Å²) in [6.45, 7) is 2.02. The van der Waals surface area contributed by atoms with Crippen LogP contribution in [0.1, 0.15) is 45.4 Å². The molecular formula is C11H20N2O. The lowest BCUT2D eigenvalue weighted by atomic mass is 9.74. The fraction of sp³-hybridized carbons (Fsp3) is 0.909. The van der Waals surface area contributed by atoms with Crippen LogP contribution in [-0.4, -0.2) is 17.5 Å². The van der Waals surface area contributed by atoms with Gasteiger partial charge in [0.2, 0.25) is 5.91 Å². The van der Waals surface area contributed by atoms with E-state index in [9.17, 15) is 4.79 Å². The van der Waals surface area contributed by atoms with Gasteiger partial charge in [0.05, 0.1) is 5.92 Å². The van der Waals surface area contributed by atoms with Crippen LogP contribution in [0.4, 0.5) is 0 Å². The summed E-state index contributed by atoms with van der Waals surface area (Å²) in [4.78, 5) is 11.9. The zero-order valence-electron chi connectivity index (χ0n) is 8.88. The average Bonchev–Trinajstić information content (AvgIpc) is 2.87. The molecule has 80 valence electrons. The number of rotatable bonds is 2. The maximum atomic E-state index is 11.9. The van der Waals surface area contributed by atoms with Crippen molar-refractivity contribution in [3.8, 4) is 0 Å². The lowest BCUT2D eigenvalue weighted by Crippen LogP contribution is -2.53. The Hall–Kier alpha value is -0.570. The molecule has 1 amide bonds. The van der Waals surface area contributed by atoms with E-state index in [-0.39, 0.29) is 17.4 Å². The largest absolute Gasteiger partial charge is 0.353 e. The number of carbonyl (C=O) groups is 1. The quantitative estimate of drug-likeness (QED) is 0.696. The topological polar surface area (TPSA) is 55.1 Å². The second-order valence-electron chi connectivity index (χ2n) is 5.09. The molecule has 2 unspecified atom stereocenters. The SMILES string of the molecule is CC1(N)CCCCC1C(=O)NC1CC1. The molecule has 2 fully saturated rings. The maximum absolute atomic E-state index is 11.9. The minimum absolute atomic E-state index is 0.0387. The van der Waals surface area contributed by atoms with Gasteiger partial charge in [0.1, 0.15) is 0 Å². The summed E-state index contributed by atoms with van der Waals surface area (Å²) in [5, 5.41) is 3.06. The van der Waals surface area contributed by atoms with Gasteiger partial charge in [-0.15, -0.1) is 0 Å². The number of nitrogens with one attached hydrogen (secondary N) is 1. The highest BCUT2D eigenvalue weighted by atomic mass is 16.2. The van der Waals surface area contributed by atoms with Crippen LogP contribution in [0.15, 0.2) is 0 Å². The minimum Gasteiger partial charge on any atom is -0.353 e. The van der Waals surface area contributed by atoms with Crippen molar-refractivity contribution in [1.29, 1.82) is 0 Å². The molecule has 0 spiro atoms. The molecule has 0 aromatic heterocycles. The van der Waals surface area contributed by atoms with Gasteiger partial charge in [0, 0.05) is 11.6 Å². The van der Waals surface area contributed by atoms with Gasteiger partial charge in [-0.2, -0.15) is 0 Å². The van der Waals surface area contributed by atoms with Gasteiger partial charge in [-0.3, -0.25) is 4.79 Å². The number of nitrogens with two attached hydrogens (primary N) is 1. The third-order valence-electron chi connectivity index (χ3n) is 3.49. The van der Waals surface area contributed by atoms with Gasteiger partial charge in [-0.1, -0.05) is 12.8 Å². The lowest BCUT2D eigenvalue weighted by molar-refractivity contribution is -0.128. The number of carbonyl (C=O) groups excluding carboxylic acids is 1. The third-order valence-corrected chi connectivity index (χ3v) is 3.49. The van der Waals surface area contributed by atoms with Gasteiger partial charge in [0.15, 0.2) is 0 Å². The van der Waals surface area contributed by atoms with Crippen LogP contribution >= 0.6 is 0 Å². The van der Waals surface area contributed by atoms with Crippen LogP contribution in [0.5, 0.6) is 0 Å². The number of amides is 1. The Morgan fingerprint density at radius 1 is 1.36 bits per heavy atom. The standard InChI is InChI=1S/C11H20N2O/c1-11(12)7-3-2-4-9(11)10(14)13-8-5-6-8/h8-9H,2-7,12H2,1H3,(H,13,14). The van der Waals surface area contributed by atoms with Crippen LogP contribution in [0.25, 0.3) is 0 Å². The van der Waals surface area contributed by atoms with E-state index in [0.29, 0.717) is 6.04 Å². The van der Waals surface area contributed by atoms with Crippen LogP contribution in [0, 0.1) is 5.92 Å². The smallest absolute Gasteiger partial charge is 0.225 e. The van der Waals surface area contributed by atoms with Gasteiger partial charge >= 0.3 is 0 Å². The van der Waals surface area contributed by atoms with E-state index in [2.05, 4.69) is 5.32 Å². The van der Waals surface area contributed by atoms with Gasteiger partial charge in [0.25, 0.3) is 0 Å². The molecule has 3 N–H and O–H groups in total. The van der Waals surface area contributed by atoms with Crippen molar-refractivity contribution in [3.05, 3.63) is 0 Å². The Labute approximate surface area is 85.4 Å². The number of hydrogen-bond donors (Lipinski definition) is 2. The first kappa shape index (κ1) is 9.97. The Bertz CT molecular complexity index is 233. The molecular weight excluding hydrogens is 176 g/mol. The average molecular weight is 196 g/mol. The van der Waals surface area contributed by atoms with Crippen LogP contribution in [-0.2, 0) is 4.79 Å². The van der Waals surface area contributed by atoms with E-state index in [1.165, 1.54) is 6.42 Å².